The van der Waals surface area contributed by atoms with Crippen LogP contribution in [0.15, 0.2) is 46.9 Å². The normalized spacial score (nSPS) is 20.5. The highest BCUT2D eigenvalue weighted by Crippen LogP contribution is 2.31. The molecule has 2 atom stereocenters. The van der Waals surface area contributed by atoms with Crippen molar-refractivity contribution < 1.29 is 9.52 Å². The van der Waals surface area contributed by atoms with E-state index in [-0.39, 0.29) is 0 Å². The van der Waals surface area contributed by atoms with Crippen LogP contribution >= 0.6 is 0 Å². The lowest BCUT2D eigenvalue weighted by molar-refractivity contribution is 0.144. The third-order valence-corrected chi connectivity index (χ3v) is 4.71. The first kappa shape index (κ1) is 13.8. The van der Waals surface area contributed by atoms with Crippen molar-refractivity contribution in [3.05, 3.63) is 48.0 Å². The molecule has 1 aromatic heterocycles. The first-order chi connectivity index (χ1) is 10.8. The van der Waals surface area contributed by atoms with Crippen molar-refractivity contribution in [1.29, 1.82) is 0 Å². The van der Waals surface area contributed by atoms with E-state index in [0.29, 0.717) is 6.04 Å². The molecule has 3 aromatic rings. The molecule has 0 bridgehead atoms. The van der Waals surface area contributed by atoms with E-state index in [0.717, 1.165) is 46.9 Å². The van der Waals surface area contributed by atoms with Crippen LogP contribution in [-0.2, 0) is 0 Å². The molecule has 2 aromatic carbocycles. The smallest absolute Gasteiger partial charge is 0.135 e. The summed E-state index contributed by atoms with van der Waals surface area (Å²) in [4.78, 5) is 0. The van der Waals surface area contributed by atoms with E-state index < -0.39 is 6.10 Å². The van der Waals surface area contributed by atoms with E-state index in [2.05, 4.69) is 17.4 Å². The Morgan fingerprint density at radius 1 is 1.09 bits per heavy atom. The summed E-state index contributed by atoms with van der Waals surface area (Å²) in [5.41, 5.74) is 2.70. The minimum atomic E-state index is -0.437. The Morgan fingerprint density at radius 3 is 2.82 bits per heavy atom. The van der Waals surface area contributed by atoms with Crippen molar-refractivity contribution in [2.75, 3.05) is 6.54 Å². The van der Waals surface area contributed by atoms with Gasteiger partial charge in [-0.2, -0.15) is 0 Å². The Kier molecular flexibility index (Phi) is 3.60. The van der Waals surface area contributed by atoms with Gasteiger partial charge in [0.1, 0.15) is 11.2 Å². The van der Waals surface area contributed by atoms with Crippen LogP contribution in [0.1, 0.15) is 37.4 Å². The average Bonchev–Trinajstić information content (AvgIpc) is 2.93. The van der Waals surface area contributed by atoms with Crippen LogP contribution in [0.3, 0.4) is 0 Å². The lowest BCUT2D eigenvalue weighted by Crippen LogP contribution is -2.35. The Bertz CT molecular complexity index is 786. The predicted octanol–water partition coefficient (Wildman–Crippen LogP) is 4.15. The van der Waals surface area contributed by atoms with Crippen LogP contribution < -0.4 is 5.32 Å². The zero-order chi connectivity index (χ0) is 14.9. The number of para-hydroxylation sites is 1. The van der Waals surface area contributed by atoms with Gasteiger partial charge in [0.2, 0.25) is 0 Å². The Morgan fingerprint density at radius 2 is 1.95 bits per heavy atom. The van der Waals surface area contributed by atoms with Crippen LogP contribution in [-0.4, -0.2) is 17.7 Å². The van der Waals surface area contributed by atoms with Crippen LogP contribution in [0.2, 0.25) is 0 Å². The number of fused-ring (bicyclic) bond motifs is 3. The maximum absolute atomic E-state index is 10.5. The van der Waals surface area contributed by atoms with Gasteiger partial charge in [-0.15, -0.1) is 0 Å². The Labute approximate surface area is 129 Å². The van der Waals surface area contributed by atoms with E-state index in [9.17, 15) is 5.11 Å². The van der Waals surface area contributed by atoms with Crippen molar-refractivity contribution in [1.82, 2.24) is 5.32 Å². The predicted molar refractivity (Wildman–Crippen MR) is 88.9 cm³/mol. The summed E-state index contributed by atoms with van der Waals surface area (Å²) in [6, 6.07) is 14.6. The van der Waals surface area contributed by atoms with Crippen LogP contribution in [0.4, 0.5) is 0 Å². The maximum atomic E-state index is 10.5. The van der Waals surface area contributed by atoms with Crippen molar-refractivity contribution in [3.63, 3.8) is 0 Å². The monoisotopic (exact) mass is 295 g/mol. The van der Waals surface area contributed by atoms with Gasteiger partial charge in [-0.1, -0.05) is 36.8 Å². The van der Waals surface area contributed by atoms with Gasteiger partial charge >= 0.3 is 0 Å². The molecule has 3 heteroatoms. The molecule has 0 radical (unpaired) electrons. The van der Waals surface area contributed by atoms with E-state index in [4.69, 9.17) is 4.42 Å². The second-order valence-electron chi connectivity index (χ2n) is 6.25. The summed E-state index contributed by atoms with van der Waals surface area (Å²) in [6.45, 7) is 1.07. The second kappa shape index (κ2) is 5.75. The number of rotatable bonds is 3. The van der Waals surface area contributed by atoms with Crippen LogP contribution in [0.25, 0.3) is 21.9 Å². The fourth-order valence-corrected chi connectivity index (χ4v) is 3.48. The first-order valence-corrected chi connectivity index (χ1v) is 8.14. The van der Waals surface area contributed by atoms with Gasteiger partial charge in [0.05, 0.1) is 6.10 Å². The lowest BCUT2D eigenvalue weighted by atomic mass is 9.95. The third-order valence-electron chi connectivity index (χ3n) is 4.71. The molecule has 0 saturated carbocycles. The third kappa shape index (κ3) is 2.51. The number of nitrogens with one attached hydrogen (secondary N) is 1. The standard InChI is InChI=1S/C19H21NO2/c21-17(12-14-5-3-4-10-20-14)13-8-9-16-15-6-1-2-7-18(15)22-19(16)11-13/h1-2,6-9,11,14,17,20-21H,3-5,10,12H2/t14-,17-/m1/s1. The highest BCUT2D eigenvalue weighted by atomic mass is 16.3. The minimum absolute atomic E-state index is 0.426. The molecule has 0 spiro atoms. The number of hydrogen-bond acceptors (Lipinski definition) is 3. The lowest BCUT2D eigenvalue weighted by Gasteiger charge is -2.25. The summed E-state index contributed by atoms with van der Waals surface area (Å²) in [7, 11) is 0. The van der Waals surface area contributed by atoms with Gasteiger partial charge in [0.25, 0.3) is 0 Å². The number of hydrogen-bond donors (Lipinski definition) is 2. The molecular formula is C19H21NO2. The number of piperidine rings is 1. The molecule has 3 nitrogen and oxygen atoms in total. The fraction of sp³-hybridized carbons (Fsp3) is 0.368. The molecule has 2 N–H and O–H groups in total. The molecule has 4 rings (SSSR count). The van der Waals surface area contributed by atoms with Gasteiger partial charge in [-0.05, 0) is 43.5 Å². The zero-order valence-corrected chi connectivity index (χ0v) is 12.6. The topological polar surface area (TPSA) is 45.4 Å². The van der Waals surface area contributed by atoms with Crippen LogP contribution in [0, 0.1) is 0 Å². The molecule has 2 heterocycles. The molecule has 1 saturated heterocycles. The summed E-state index contributed by atoms with van der Waals surface area (Å²) in [5, 5.41) is 16.3. The zero-order valence-electron chi connectivity index (χ0n) is 12.6. The van der Waals surface area contributed by atoms with Crippen molar-refractivity contribution >= 4 is 21.9 Å². The second-order valence-corrected chi connectivity index (χ2v) is 6.25. The summed E-state index contributed by atoms with van der Waals surface area (Å²) in [6.07, 6.45) is 3.99. The minimum Gasteiger partial charge on any atom is -0.456 e. The Balaban J connectivity index is 1.62. The maximum Gasteiger partial charge on any atom is 0.135 e. The highest BCUT2D eigenvalue weighted by molar-refractivity contribution is 6.04. The van der Waals surface area contributed by atoms with Gasteiger partial charge in [-0.3, -0.25) is 0 Å². The number of aliphatic hydroxyl groups is 1. The molecule has 0 aliphatic carbocycles. The average molecular weight is 295 g/mol. The molecule has 1 fully saturated rings. The van der Waals surface area contributed by atoms with Gasteiger partial charge in [0.15, 0.2) is 0 Å². The van der Waals surface area contributed by atoms with E-state index >= 15 is 0 Å². The molecule has 1 aliphatic rings. The van der Waals surface area contributed by atoms with Crippen molar-refractivity contribution in [3.8, 4) is 0 Å². The molecule has 114 valence electrons. The Hall–Kier alpha value is -1.84. The molecular weight excluding hydrogens is 274 g/mol. The summed E-state index contributed by atoms with van der Waals surface area (Å²) in [5.74, 6) is 0. The first-order valence-electron chi connectivity index (χ1n) is 8.14. The van der Waals surface area contributed by atoms with E-state index in [1.807, 2.05) is 30.3 Å². The van der Waals surface area contributed by atoms with Gasteiger partial charge in [0, 0.05) is 16.8 Å². The van der Waals surface area contributed by atoms with E-state index in [1.165, 1.54) is 12.8 Å². The molecule has 0 unspecified atom stereocenters. The highest BCUT2D eigenvalue weighted by Gasteiger charge is 2.19. The van der Waals surface area contributed by atoms with Crippen molar-refractivity contribution in [2.24, 2.45) is 0 Å². The van der Waals surface area contributed by atoms with Crippen molar-refractivity contribution in [2.45, 2.75) is 37.8 Å². The molecule has 1 aliphatic heterocycles. The number of aliphatic hydroxyl groups excluding tert-OH is 1. The quantitative estimate of drug-likeness (QED) is 0.763. The number of furan rings is 1. The molecule has 22 heavy (non-hydrogen) atoms. The SMILES string of the molecule is O[C@H](C[C@H]1CCCCN1)c1ccc2c(c1)oc1ccccc12. The number of benzene rings is 2. The molecule has 0 amide bonds. The summed E-state index contributed by atoms with van der Waals surface area (Å²) >= 11 is 0. The van der Waals surface area contributed by atoms with E-state index in [1.54, 1.807) is 0 Å². The van der Waals surface area contributed by atoms with Gasteiger partial charge in [-0.25, -0.2) is 0 Å². The fourth-order valence-electron chi connectivity index (χ4n) is 3.48. The van der Waals surface area contributed by atoms with Gasteiger partial charge < -0.3 is 14.8 Å². The van der Waals surface area contributed by atoms with Crippen LogP contribution in [0.5, 0.6) is 0 Å². The largest absolute Gasteiger partial charge is 0.456 e. The summed E-state index contributed by atoms with van der Waals surface area (Å²) < 4.78 is 5.91.